The zero-order valence-electron chi connectivity index (χ0n) is 10.3. The van der Waals surface area contributed by atoms with E-state index in [4.69, 9.17) is 0 Å². The van der Waals surface area contributed by atoms with Crippen molar-refractivity contribution in [1.82, 2.24) is 24.8 Å². The predicted molar refractivity (Wildman–Crippen MR) is 66.4 cm³/mol. The zero-order chi connectivity index (χ0) is 12.1. The standard InChI is InChI=1S/C12H19N5/c1-3-10(12-14-5-6-15-12)16-9-11-13-7-8-17(11)4-2/h5-8,10,16H,3-4,9H2,1-2H3,(H,14,15). The lowest BCUT2D eigenvalue weighted by atomic mass is 10.2. The number of aromatic nitrogens is 4. The SMILES string of the molecule is CCC(NCc1nccn1CC)c1ncc[nH]1. The van der Waals surface area contributed by atoms with Crippen molar-refractivity contribution in [1.29, 1.82) is 0 Å². The highest BCUT2D eigenvalue weighted by atomic mass is 15.1. The zero-order valence-corrected chi connectivity index (χ0v) is 10.3. The Bertz CT molecular complexity index is 431. The van der Waals surface area contributed by atoms with Crippen LogP contribution in [0.3, 0.4) is 0 Å². The molecule has 0 fully saturated rings. The topological polar surface area (TPSA) is 58.5 Å². The molecule has 0 aromatic carbocycles. The Hall–Kier alpha value is -1.62. The molecule has 1 atom stereocenters. The number of nitrogens with zero attached hydrogens (tertiary/aromatic N) is 3. The van der Waals surface area contributed by atoms with Gasteiger partial charge in [0, 0.05) is 31.3 Å². The van der Waals surface area contributed by atoms with Gasteiger partial charge in [-0.05, 0) is 13.3 Å². The van der Waals surface area contributed by atoms with Crippen molar-refractivity contribution in [2.24, 2.45) is 0 Å². The van der Waals surface area contributed by atoms with E-state index in [2.05, 4.69) is 38.7 Å². The van der Waals surface area contributed by atoms with E-state index >= 15 is 0 Å². The minimum absolute atomic E-state index is 0.256. The van der Waals surface area contributed by atoms with E-state index in [9.17, 15) is 0 Å². The predicted octanol–water partition coefficient (Wildman–Crippen LogP) is 1.87. The molecule has 0 aliphatic rings. The molecule has 0 saturated heterocycles. The monoisotopic (exact) mass is 233 g/mol. The Labute approximate surface area is 101 Å². The maximum Gasteiger partial charge on any atom is 0.123 e. The van der Waals surface area contributed by atoms with Gasteiger partial charge in [-0.15, -0.1) is 0 Å². The Morgan fingerprint density at radius 1 is 1.35 bits per heavy atom. The van der Waals surface area contributed by atoms with Crippen molar-refractivity contribution in [3.8, 4) is 0 Å². The molecule has 0 bridgehead atoms. The summed E-state index contributed by atoms with van der Waals surface area (Å²) >= 11 is 0. The van der Waals surface area contributed by atoms with E-state index in [1.807, 2.05) is 18.6 Å². The normalized spacial score (nSPS) is 12.8. The number of aryl methyl sites for hydroxylation is 1. The lowest BCUT2D eigenvalue weighted by Crippen LogP contribution is -2.23. The third-order valence-corrected chi connectivity index (χ3v) is 2.91. The van der Waals surface area contributed by atoms with Gasteiger partial charge < -0.3 is 14.9 Å². The van der Waals surface area contributed by atoms with Crippen LogP contribution in [0.2, 0.25) is 0 Å². The molecule has 5 heteroatoms. The fourth-order valence-corrected chi connectivity index (χ4v) is 1.91. The highest BCUT2D eigenvalue weighted by Gasteiger charge is 2.11. The van der Waals surface area contributed by atoms with Crippen LogP contribution in [-0.4, -0.2) is 19.5 Å². The fraction of sp³-hybridized carbons (Fsp3) is 0.500. The molecule has 2 rings (SSSR count). The van der Waals surface area contributed by atoms with Crippen LogP contribution in [0.4, 0.5) is 0 Å². The Kier molecular flexibility index (Phi) is 3.93. The maximum atomic E-state index is 4.34. The molecular weight excluding hydrogens is 214 g/mol. The molecule has 0 saturated carbocycles. The summed E-state index contributed by atoms with van der Waals surface area (Å²) in [4.78, 5) is 11.8. The summed E-state index contributed by atoms with van der Waals surface area (Å²) in [5.41, 5.74) is 0. The van der Waals surface area contributed by atoms with Crippen LogP contribution in [0, 0.1) is 0 Å². The minimum atomic E-state index is 0.256. The molecule has 0 amide bonds. The Balaban J connectivity index is 1.97. The average molecular weight is 233 g/mol. The van der Waals surface area contributed by atoms with Gasteiger partial charge in [-0.3, -0.25) is 0 Å². The second-order valence-corrected chi connectivity index (χ2v) is 3.95. The van der Waals surface area contributed by atoms with Crippen molar-refractivity contribution in [3.63, 3.8) is 0 Å². The van der Waals surface area contributed by atoms with Gasteiger partial charge in [0.05, 0.1) is 12.6 Å². The average Bonchev–Trinajstić information content (AvgIpc) is 2.99. The van der Waals surface area contributed by atoms with Crippen LogP contribution >= 0.6 is 0 Å². The third kappa shape index (κ3) is 2.74. The summed E-state index contributed by atoms with van der Waals surface area (Å²) < 4.78 is 2.14. The molecule has 2 N–H and O–H groups in total. The number of hydrogen-bond acceptors (Lipinski definition) is 3. The first-order chi connectivity index (χ1) is 8.35. The molecule has 2 aromatic heterocycles. The first-order valence-corrected chi connectivity index (χ1v) is 6.07. The summed E-state index contributed by atoms with van der Waals surface area (Å²) in [6.45, 7) is 5.98. The summed E-state index contributed by atoms with van der Waals surface area (Å²) in [7, 11) is 0. The van der Waals surface area contributed by atoms with E-state index in [1.165, 1.54) is 0 Å². The van der Waals surface area contributed by atoms with Gasteiger partial charge in [-0.2, -0.15) is 0 Å². The Morgan fingerprint density at radius 3 is 2.88 bits per heavy atom. The first kappa shape index (κ1) is 11.9. The van der Waals surface area contributed by atoms with Crippen LogP contribution in [0.5, 0.6) is 0 Å². The fourth-order valence-electron chi connectivity index (χ4n) is 1.91. The number of imidazole rings is 2. The molecule has 0 radical (unpaired) electrons. The van der Waals surface area contributed by atoms with Gasteiger partial charge in [0.1, 0.15) is 11.6 Å². The molecule has 0 aliphatic heterocycles. The smallest absolute Gasteiger partial charge is 0.123 e. The highest BCUT2D eigenvalue weighted by molar-refractivity contribution is 4.97. The van der Waals surface area contributed by atoms with E-state index in [0.717, 1.165) is 31.2 Å². The second kappa shape index (κ2) is 5.63. The highest BCUT2D eigenvalue weighted by Crippen LogP contribution is 2.12. The number of hydrogen-bond donors (Lipinski definition) is 2. The molecule has 2 aromatic rings. The molecule has 1 unspecified atom stereocenters. The van der Waals surface area contributed by atoms with Crippen LogP contribution in [0.1, 0.15) is 38.0 Å². The Morgan fingerprint density at radius 2 is 2.24 bits per heavy atom. The molecule has 17 heavy (non-hydrogen) atoms. The van der Waals surface area contributed by atoms with Crippen molar-refractivity contribution >= 4 is 0 Å². The summed E-state index contributed by atoms with van der Waals surface area (Å²) in [6.07, 6.45) is 8.49. The lowest BCUT2D eigenvalue weighted by Gasteiger charge is -2.14. The van der Waals surface area contributed by atoms with Crippen molar-refractivity contribution in [3.05, 3.63) is 36.4 Å². The summed E-state index contributed by atoms with van der Waals surface area (Å²) in [5.74, 6) is 2.06. The number of nitrogens with one attached hydrogen (secondary N) is 2. The largest absolute Gasteiger partial charge is 0.347 e. The van der Waals surface area contributed by atoms with Gasteiger partial charge >= 0.3 is 0 Å². The van der Waals surface area contributed by atoms with E-state index in [0.29, 0.717) is 0 Å². The van der Waals surface area contributed by atoms with Crippen LogP contribution in [0.15, 0.2) is 24.8 Å². The van der Waals surface area contributed by atoms with E-state index in [1.54, 1.807) is 6.20 Å². The number of H-pyrrole nitrogens is 1. The maximum absolute atomic E-state index is 4.34. The van der Waals surface area contributed by atoms with Crippen molar-refractivity contribution in [2.75, 3.05) is 0 Å². The quantitative estimate of drug-likeness (QED) is 0.800. The van der Waals surface area contributed by atoms with Crippen molar-refractivity contribution < 1.29 is 0 Å². The molecule has 0 spiro atoms. The number of rotatable bonds is 6. The van der Waals surface area contributed by atoms with Gasteiger partial charge in [-0.1, -0.05) is 6.92 Å². The van der Waals surface area contributed by atoms with Crippen LogP contribution in [-0.2, 0) is 13.1 Å². The minimum Gasteiger partial charge on any atom is -0.347 e. The summed E-state index contributed by atoms with van der Waals surface area (Å²) in [6, 6.07) is 0.256. The van der Waals surface area contributed by atoms with E-state index < -0.39 is 0 Å². The molecular formula is C12H19N5. The van der Waals surface area contributed by atoms with Gasteiger partial charge in [0.2, 0.25) is 0 Å². The summed E-state index contributed by atoms with van der Waals surface area (Å²) in [5, 5.41) is 3.47. The molecule has 5 nitrogen and oxygen atoms in total. The second-order valence-electron chi connectivity index (χ2n) is 3.95. The third-order valence-electron chi connectivity index (χ3n) is 2.91. The van der Waals surface area contributed by atoms with E-state index in [-0.39, 0.29) is 6.04 Å². The molecule has 2 heterocycles. The molecule has 92 valence electrons. The number of aromatic amines is 1. The van der Waals surface area contributed by atoms with Crippen molar-refractivity contribution in [2.45, 2.75) is 39.4 Å². The molecule has 0 aliphatic carbocycles. The van der Waals surface area contributed by atoms with Crippen LogP contribution in [0.25, 0.3) is 0 Å². The first-order valence-electron chi connectivity index (χ1n) is 6.07. The van der Waals surface area contributed by atoms with Gasteiger partial charge in [-0.25, -0.2) is 9.97 Å². The van der Waals surface area contributed by atoms with Gasteiger partial charge in [0.25, 0.3) is 0 Å². The van der Waals surface area contributed by atoms with Gasteiger partial charge in [0.15, 0.2) is 0 Å². The van der Waals surface area contributed by atoms with Crippen LogP contribution < -0.4 is 5.32 Å². The lowest BCUT2D eigenvalue weighted by molar-refractivity contribution is 0.479.